The molecule has 0 radical (unpaired) electrons. The van der Waals surface area contributed by atoms with Crippen molar-refractivity contribution in [2.24, 2.45) is 5.73 Å². The molecule has 0 heterocycles. The largest absolute Gasteiger partial charge is 0.401 e. The molecule has 0 unspecified atom stereocenters. The lowest BCUT2D eigenvalue weighted by atomic mass is 10.2. The van der Waals surface area contributed by atoms with Crippen LogP contribution in [-0.2, 0) is 4.43 Å². The van der Waals surface area contributed by atoms with Crippen LogP contribution >= 0.6 is 12.2 Å². The summed E-state index contributed by atoms with van der Waals surface area (Å²) in [5.41, 5.74) is 5.73. The van der Waals surface area contributed by atoms with Crippen molar-refractivity contribution in [3.8, 4) is 0 Å². The molecular formula is C18H23NOSSi. The first-order valence-corrected chi connectivity index (χ1v) is 9.73. The van der Waals surface area contributed by atoms with Crippen LogP contribution in [0.5, 0.6) is 0 Å². The van der Waals surface area contributed by atoms with Gasteiger partial charge in [-0.2, -0.15) is 0 Å². The van der Waals surface area contributed by atoms with Gasteiger partial charge in [-0.15, -0.1) is 0 Å². The molecule has 0 fully saturated rings. The maximum absolute atomic E-state index is 6.50. The third kappa shape index (κ3) is 3.29. The van der Waals surface area contributed by atoms with Gasteiger partial charge in [0.2, 0.25) is 0 Å². The van der Waals surface area contributed by atoms with E-state index in [1.807, 2.05) is 12.1 Å². The second kappa shape index (κ2) is 6.73. The number of rotatable bonds is 5. The first-order valence-electron chi connectivity index (χ1n) is 7.41. The topological polar surface area (TPSA) is 35.2 Å². The summed E-state index contributed by atoms with van der Waals surface area (Å²) in [6.07, 6.45) is 0. The highest BCUT2D eigenvalue weighted by Gasteiger charge is 2.50. The van der Waals surface area contributed by atoms with E-state index in [2.05, 4.69) is 69.3 Å². The fraction of sp³-hybridized carbons (Fsp3) is 0.278. The zero-order chi connectivity index (χ0) is 16.2. The highest BCUT2D eigenvalue weighted by Crippen LogP contribution is 2.36. The highest BCUT2D eigenvalue weighted by atomic mass is 32.1. The lowest BCUT2D eigenvalue weighted by molar-refractivity contribution is 0.353. The highest BCUT2D eigenvalue weighted by molar-refractivity contribution is 7.80. The Morgan fingerprint density at radius 2 is 1.36 bits per heavy atom. The number of nitrogens with two attached hydrogens (primary N) is 1. The van der Waals surface area contributed by atoms with Gasteiger partial charge in [0, 0.05) is 0 Å². The van der Waals surface area contributed by atoms with E-state index in [4.69, 9.17) is 22.4 Å². The summed E-state index contributed by atoms with van der Waals surface area (Å²) in [6, 6.07) is 21.0. The van der Waals surface area contributed by atoms with Gasteiger partial charge in [-0.25, -0.2) is 0 Å². The van der Waals surface area contributed by atoms with E-state index >= 15 is 0 Å². The fourth-order valence-corrected chi connectivity index (χ4v) is 7.63. The summed E-state index contributed by atoms with van der Waals surface area (Å²) in [6.45, 7) is 7.01. The van der Waals surface area contributed by atoms with E-state index in [1.54, 1.807) is 0 Å². The Balaban J connectivity index is 2.67. The summed E-state index contributed by atoms with van der Waals surface area (Å²) in [5.74, 6) is 0. The Hall–Kier alpha value is -1.49. The van der Waals surface area contributed by atoms with E-state index in [-0.39, 0.29) is 5.04 Å². The molecule has 0 saturated heterocycles. The molecule has 116 valence electrons. The predicted molar refractivity (Wildman–Crippen MR) is 100 cm³/mol. The molecule has 2 N–H and O–H groups in total. The summed E-state index contributed by atoms with van der Waals surface area (Å²) < 4.78 is 6.50. The SMILES string of the molecule is CC(C)(C)[Si](OCC(N)=S)(c1ccccc1)c1ccccc1. The smallest absolute Gasteiger partial charge is 0.261 e. The molecule has 0 aliphatic carbocycles. The Labute approximate surface area is 139 Å². The van der Waals surface area contributed by atoms with E-state index < -0.39 is 8.32 Å². The first kappa shape index (κ1) is 16.9. The fourth-order valence-electron chi connectivity index (χ4n) is 2.94. The molecule has 2 nitrogen and oxygen atoms in total. The first-order chi connectivity index (χ1) is 10.4. The zero-order valence-electron chi connectivity index (χ0n) is 13.4. The van der Waals surface area contributed by atoms with Crippen molar-refractivity contribution in [2.75, 3.05) is 6.61 Å². The number of benzene rings is 2. The van der Waals surface area contributed by atoms with Crippen LogP contribution in [0.1, 0.15) is 20.8 Å². The van der Waals surface area contributed by atoms with Crippen LogP contribution in [0.25, 0.3) is 0 Å². The number of thiocarbonyl (C=S) groups is 1. The van der Waals surface area contributed by atoms with Crippen LogP contribution in [0.4, 0.5) is 0 Å². The zero-order valence-corrected chi connectivity index (χ0v) is 15.2. The summed E-state index contributed by atoms with van der Waals surface area (Å²) >= 11 is 5.06. The minimum absolute atomic E-state index is 0.0412. The Morgan fingerprint density at radius 3 is 1.68 bits per heavy atom. The van der Waals surface area contributed by atoms with Crippen molar-refractivity contribution in [1.82, 2.24) is 0 Å². The van der Waals surface area contributed by atoms with Crippen LogP contribution in [0.2, 0.25) is 5.04 Å². The van der Waals surface area contributed by atoms with E-state index in [0.717, 1.165) is 0 Å². The molecule has 0 aliphatic heterocycles. The lowest BCUT2D eigenvalue weighted by Gasteiger charge is -2.42. The van der Waals surface area contributed by atoms with Gasteiger partial charge in [0.15, 0.2) is 0 Å². The van der Waals surface area contributed by atoms with Gasteiger partial charge in [0.25, 0.3) is 8.32 Å². The molecule has 0 bridgehead atoms. The van der Waals surface area contributed by atoms with Crippen LogP contribution in [0, 0.1) is 0 Å². The molecule has 0 aliphatic rings. The molecule has 0 saturated carbocycles. The van der Waals surface area contributed by atoms with Crippen molar-refractivity contribution in [1.29, 1.82) is 0 Å². The quantitative estimate of drug-likeness (QED) is 0.677. The van der Waals surface area contributed by atoms with Gasteiger partial charge in [-0.05, 0) is 15.4 Å². The van der Waals surface area contributed by atoms with Crippen molar-refractivity contribution in [3.05, 3.63) is 60.7 Å². The van der Waals surface area contributed by atoms with Gasteiger partial charge in [-0.3, -0.25) is 0 Å². The molecule has 0 amide bonds. The molecule has 2 aromatic carbocycles. The third-order valence-electron chi connectivity index (χ3n) is 3.85. The van der Waals surface area contributed by atoms with E-state index in [0.29, 0.717) is 11.6 Å². The van der Waals surface area contributed by atoms with E-state index in [1.165, 1.54) is 10.4 Å². The van der Waals surface area contributed by atoms with Gasteiger partial charge >= 0.3 is 0 Å². The molecule has 0 spiro atoms. The molecular weight excluding hydrogens is 306 g/mol. The average Bonchev–Trinajstić information content (AvgIpc) is 2.48. The van der Waals surface area contributed by atoms with Gasteiger partial charge in [0.1, 0.15) is 0 Å². The molecule has 0 aromatic heterocycles. The summed E-state index contributed by atoms with van der Waals surface area (Å²) in [4.78, 5) is 0.396. The molecule has 2 rings (SSSR count). The van der Waals surface area contributed by atoms with Crippen LogP contribution < -0.4 is 16.1 Å². The normalized spacial score (nSPS) is 12.1. The Kier molecular flexibility index (Phi) is 5.16. The average molecular weight is 330 g/mol. The van der Waals surface area contributed by atoms with Gasteiger partial charge < -0.3 is 10.2 Å². The minimum Gasteiger partial charge on any atom is -0.401 e. The van der Waals surface area contributed by atoms with Crippen LogP contribution in [0.3, 0.4) is 0 Å². The van der Waals surface area contributed by atoms with Crippen molar-refractivity contribution < 1.29 is 4.43 Å². The maximum Gasteiger partial charge on any atom is 0.261 e. The second-order valence-electron chi connectivity index (χ2n) is 6.42. The van der Waals surface area contributed by atoms with Crippen molar-refractivity contribution in [3.63, 3.8) is 0 Å². The van der Waals surface area contributed by atoms with Crippen molar-refractivity contribution >= 4 is 35.9 Å². The summed E-state index contributed by atoms with van der Waals surface area (Å²) in [5, 5.41) is 2.44. The van der Waals surface area contributed by atoms with Crippen LogP contribution in [-0.4, -0.2) is 19.9 Å². The van der Waals surface area contributed by atoms with Crippen molar-refractivity contribution in [2.45, 2.75) is 25.8 Å². The Morgan fingerprint density at radius 1 is 0.955 bits per heavy atom. The predicted octanol–water partition coefficient (Wildman–Crippen LogP) is 2.85. The van der Waals surface area contributed by atoms with Gasteiger partial charge in [-0.1, -0.05) is 93.7 Å². The second-order valence-corrected chi connectivity index (χ2v) is 11.2. The monoisotopic (exact) mass is 329 g/mol. The van der Waals surface area contributed by atoms with E-state index in [9.17, 15) is 0 Å². The molecule has 0 atom stereocenters. The van der Waals surface area contributed by atoms with Gasteiger partial charge in [0.05, 0.1) is 11.6 Å². The number of hydrogen-bond donors (Lipinski definition) is 1. The molecule has 22 heavy (non-hydrogen) atoms. The summed E-state index contributed by atoms with van der Waals surface area (Å²) in [7, 11) is -2.48. The minimum atomic E-state index is -2.48. The molecule has 2 aromatic rings. The van der Waals surface area contributed by atoms with Crippen LogP contribution in [0.15, 0.2) is 60.7 Å². The lowest BCUT2D eigenvalue weighted by Crippen LogP contribution is -2.67. The number of hydrogen-bond acceptors (Lipinski definition) is 2. The third-order valence-corrected chi connectivity index (χ3v) is 8.95. The maximum atomic E-state index is 6.50. The standard InChI is InChI=1S/C18H23NOSSi/c1-18(2,3)22(20-14-17(19)21,15-10-6-4-7-11-15)16-12-8-5-9-13-16/h4-13H,14H2,1-3H3,(H2,19,21). The Bertz CT molecular complexity index is 583. The molecule has 4 heteroatoms.